The predicted octanol–water partition coefficient (Wildman–Crippen LogP) is 4.13. The number of alkyl halides is 1. The summed E-state index contributed by atoms with van der Waals surface area (Å²) in [6.07, 6.45) is 0. The highest BCUT2D eigenvalue weighted by Gasteiger charge is 2.17. The highest BCUT2D eigenvalue weighted by molar-refractivity contribution is 9.08. The number of halogens is 1. The van der Waals surface area contributed by atoms with E-state index in [-0.39, 0.29) is 10.6 Å². The van der Waals surface area contributed by atoms with Gasteiger partial charge in [-0.3, -0.25) is 10.1 Å². The van der Waals surface area contributed by atoms with E-state index < -0.39 is 0 Å². The Morgan fingerprint density at radius 2 is 1.85 bits per heavy atom. The largest absolute Gasteiger partial charge is 0.365 e. The van der Waals surface area contributed by atoms with Gasteiger partial charge < -0.3 is 4.90 Å². The lowest BCUT2D eigenvalue weighted by atomic mass is 10.1. The van der Waals surface area contributed by atoms with Crippen LogP contribution >= 0.6 is 15.9 Å². The highest BCUT2D eigenvalue weighted by Crippen LogP contribution is 2.30. The van der Waals surface area contributed by atoms with Crippen LogP contribution in [-0.2, 0) is 11.9 Å². The Kier molecular flexibility index (Phi) is 4.74. The first-order valence-corrected chi connectivity index (χ1v) is 7.32. The average Bonchev–Trinajstić information content (AvgIpc) is 2.47. The van der Waals surface area contributed by atoms with Crippen LogP contribution in [0.2, 0.25) is 0 Å². The van der Waals surface area contributed by atoms with Crippen LogP contribution in [0.4, 0.5) is 11.4 Å². The molecule has 0 N–H and O–H groups in total. The van der Waals surface area contributed by atoms with Gasteiger partial charge in [0, 0.05) is 25.0 Å². The molecule has 0 bridgehead atoms. The van der Waals surface area contributed by atoms with Gasteiger partial charge in [-0.2, -0.15) is 0 Å². The summed E-state index contributed by atoms with van der Waals surface area (Å²) >= 11 is 3.32. The number of benzene rings is 2. The molecule has 0 saturated heterocycles. The molecule has 20 heavy (non-hydrogen) atoms. The van der Waals surface area contributed by atoms with Crippen molar-refractivity contribution >= 4 is 27.3 Å². The van der Waals surface area contributed by atoms with Crippen molar-refractivity contribution < 1.29 is 4.92 Å². The second-order valence-corrected chi connectivity index (χ2v) is 5.12. The van der Waals surface area contributed by atoms with E-state index in [4.69, 9.17) is 0 Å². The van der Waals surface area contributed by atoms with Crippen molar-refractivity contribution in [2.75, 3.05) is 11.9 Å². The van der Waals surface area contributed by atoms with E-state index in [1.54, 1.807) is 12.1 Å². The normalized spacial score (nSPS) is 10.3. The van der Waals surface area contributed by atoms with E-state index >= 15 is 0 Å². The summed E-state index contributed by atoms with van der Waals surface area (Å²) in [4.78, 5) is 12.8. The van der Waals surface area contributed by atoms with E-state index in [1.807, 2.05) is 48.3 Å². The van der Waals surface area contributed by atoms with Crippen LogP contribution in [0.15, 0.2) is 48.5 Å². The summed E-state index contributed by atoms with van der Waals surface area (Å²) < 4.78 is 0. The second kappa shape index (κ2) is 6.52. The first-order chi connectivity index (χ1) is 9.61. The van der Waals surface area contributed by atoms with Crippen LogP contribution < -0.4 is 4.90 Å². The van der Waals surface area contributed by atoms with Crippen LogP contribution in [0.25, 0.3) is 0 Å². The molecule has 0 saturated carbocycles. The van der Waals surface area contributed by atoms with Gasteiger partial charge in [0.05, 0.1) is 4.92 Å². The van der Waals surface area contributed by atoms with Gasteiger partial charge in [-0.15, -0.1) is 0 Å². The lowest BCUT2D eigenvalue weighted by Gasteiger charge is -2.19. The third kappa shape index (κ3) is 3.36. The number of nitro groups is 1. The van der Waals surface area contributed by atoms with Crippen molar-refractivity contribution in [3.63, 3.8) is 0 Å². The van der Waals surface area contributed by atoms with Crippen LogP contribution in [-0.4, -0.2) is 12.0 Å². The standard InChI is InChI=1S/C15H15BrN2O2/c1-17(11-12-5-3-2-4-6-12)14-8-7-13(10-16)9-15(14)18(19)20/h2-9H,10-11H2,1H3. The van der Waals surface area contributed by atoms with Gasteiger partial charge in [0.15, 0.2) is 0 Å². The van der Waals surface area contributed by atoms with E-state index in [2.05, 4.69) is 15.9 Å². The highest BCUT2D eigenvalue weighted by atomic mass is 79.9. The van der Waals surface area contributed by atoms with E-state index in [1.165, 1.54) is 0 Å². The minimum absolute atomic E-state index is 0.139. The summed E-state index contributed by atoms with van der Waals surface area (Å²) in [6, 6.07) is 15.2. The lowest BCUT2D eigenvalue weighted by Crippen LogP contribution is -2.17. The van der Waals surface area contributed by atoms with Crippen molar-refractivity contribution in [1.29, 1.82) is 0 Å². The zero-order chi connectivity index (χ0) is 14.5. The molecule has 0 heterocycles. The minimum atomic E-state index is -0.330. The Bertz CT molecular complexity index is 602. The van der Waals surface area contributed by atoms with E-state index in [9.17, 15) is 10.1 Å². The van der Waals surface area contributed by atoms with Crippen LogP contribution in [0.5, 0.6) is 0 Å². The number of rotatable bonds is 5. The molecular weight excluding hydrogens is 320 g/mol. The van der Waals surface area contributed by atoms with Gasteiger partial charge in [0.1, 0.15) is 5.69 Å². The number of nitro benzene ring substituents is 1. The lowest BCUT2D eigenvalue weighted by molar-refractivity contribution is -0.384. The first-order valence-electron chi connectivity index (χ1n) is 6.20. The number of anilines is 1. The molecular formula is C15H15BrN2O2. The zero-order valence-corrected chi connectivity index (χ0v) is 12.7. The molecule has 4 nitrogen and oxygen atoms in total. The minimum Gasteiger partial charge on any atom is -0.365 e. The number of hydrogen-bond acceptors (Lipinski definition) is 3. The molecule has 0 unspecified atom stereocenters. The molecule has 5 heteroatoms. The van der Waals surface area contributed by atoms with Crippen molar-refractivity contribution in [1.82, 2.24) is 0 Å². The molecule has 0 fully saturated rings. The fourth-order valence-electron chi connectivity index (χ4n) is 2.06. The molecule has 0 aliphatic carbocycles. The number of nitrogens with zero attached hydrogens (tertiary/aromatic N) is 2. The fourth-order valence-corrected chi connectivity index (χ4v) is 2.41. The first kappa shape index (κ1) is 14.5. The Hall–Kier alpha value is -1.88. The Labute approximate surface area is 126 Å². The van der Waals surface area contributed by atoms with Gasteiger partial charge in [0.25, 0.3) is 5.69 Å². The fraction of sp³-hybridized carbons (Fsp3) is 0.200. The van der Waals surface area contributed by atoms with Gasteiger partial charge in [-0.05, 0) is 17.2 Å². The van der Waals surface area contributed by atoms with Crippen molar-refractivity contribution in [3.05, 3.63) is 69.8 Å². The Morgan fingerprint density at radius 3 is 2.45 bits per heavy atom. The molecule has 2 aromatic rings. The van der Waals surface area contributed by atoms with E-state index in [0.717, 1.165) is 11.1 Å². The smallest absolute Gasteiger partial charge is 0.292 e. The molecule has 2 rings (SSSR count). The maximum absolute atomic E-state index is 11.2. The SMILES string of the molecule is CN(Cc1ccccc1)c1ccc(CBr)cc1[N+](=O)[O-]. The zero-order valence-electron chi connectivity index (χ0n) is 11.1. The van der Waals surface area contributed by atoms with Gasteiger partial charge in [-0.25, -0.2) is 0 Å². The molecule has 0 aromatic heterocycles. The summed E-state index contributed by atoms with van der Waals surface area (Å²) in [7, 11) is 1.86. The topological polar surface area (TPSA) is 46.4 Å². The van der Waals surface area contributed by atoms with Gasteiger partial charge in [0.2, 0.25) is 0 Å². The van der Waals surface area contributed by atoms with Crippen molar-refractivity contribution in [2.45, 2.75) is 11.9 Å². The second-order valence-electron chi connectivity index (χ2n) is 4.56. The third-order valence-electron chi connectivity index (χ3n) is 3.06. The molecule has 2 aromatic carbocycles. The Balaban J connectivity index is 2.29. The van der Waals surface area contributed by atoms with Gasteiger partial charge in [-0.1, -0.05) is 52.3 Å². The van der Waals surface area contributed by atoms with Crippen LogP contribution in [0.3, 0.4) is 0 Å². The van der Waals surface area contributed by atoms with Crippen molar-refractivity contribution in [3.8, 4) is 0 Å². The monoisotopic (exact) mass is 334 g/mol. The third-order valence-corrected chi connectivity index (χ3v) is 3.71. The summed E-state index contributed by atoms with van der Waals surface area (Å²) in [6.45, 7) is 0.634. The average molecular weight is 335 g/mol. The predicted molar refractivity (Wildman–Crippen MR) is 84.3 cm³/mol. The summed E-state index contributed by atoms with van der Waals surface area (Å²) in [5, 5.41) is 11.8. The van der Waals surface area contributed by atoms with Gasteiger partial charge >= 0.3 is 0 Å². The maximum atomic E-state index is 11.2. The molecule has 0 aliphatic heterocycles. The molecule has 0 radical (unpaired) electrons. The molecule has 0 atom stereocenters. The maximum Gasteiger partial charge on any atom is 0.292 e. The number of hydrogen-bond donors (Lipinski definition) is 0. The summed E-state index contributed by atoms with van der Waals surface area (Å²) in [5.41, 5.74) is 2.78. The molecule has 104 valence electrons. The van der Waals surface area contributed by atoms with Crippen LogP contribution in [0, 0.1) is 10.1 Å². The molecule has 0 aliphatic rings. The summed E-state index contributed by atoms with van der Waals surface area (Å²) in [5.74, 6) is 0. The van der Waals surface area contributed by atoms with E-state index in [0.29, 0.717) is 17.6 Å². The Morgan fingerprint density at radius 1 is 1.15 bits per heavy atom. The molecule has 0 spiro atoms. The molecule has 0 amide bonds. The van der Waals surface area contributed by atoms with Crippen LogP contribution in [0.1, 0.15) is 11.1 Å². The quantitative estimate of drug-likeness (QED) is 0.469. The van der Waals surface area contributed by atoms with Crippen molar-refractivity contribution in [2.24, 2.45) is 0 Å².